The summed E-state index contributed by atoms with van der Waals surface area (Å²) in [5, 5.41) is 3.69. The predicted molar refractivity (Wildman–Crippen MR) is 110 cm³/mol. The molecule has 0 saturated carbocycles. The number of carbonyl (C=O) groups is 1. The highest BCUT2D eigenvalue weighted by molar-refractivity contribution is 5.96. The zero-order valence-electron chi connectivity index (χ0n) is 16.4. The first-order valence-electron chi connectivity index (χ1n) is 9.28. The highest BCUT2D eigenvalue weighted by Gasteiger charge is 2.23. The maximum absolute atomic E-state index is 13.7. The van der Waals surface area contributed by atoms with E-state index in [1.807, 2.05) is 35.8 Å². The number of hydrogen-bond donors (Lipinski definition) is 2. The zero-order chi connectivity index (χ0) is 20.1. The molecule has 0 aliphatic rings. The SMILES string of the molecule is Cc1[nH]c2ccc(F)cc2c1CC(=O)Nc1nc2ccccc2n1C(C)(C)C. The maximum Gasteiger partial charge on any atom is 0.231 e. The molecule has 6 heteroatoms. The van der Waals surface area contributed by atoms with Gasteiger partial charge in [0.2, 0.25) is 11.9 Å². The van der Waals surface area contributed by atoms with Crippen LogP contribution in [0, 0.1) is 12.7 Å². The summed E-state index contributed by atoms with van der Waals surface area (Å²) in [6.07, 6.45) is 0.142. The Morgan fingerprint density at radius 3 is 2.71 bits per heavy atom. The van der Waals surface area contributed by atoms with Crippen molar-refractivity contribution in [3.05, 3.63) is 59.5 Å². The molecular formula is C22H23FN4O. The fraction of sp³-hybridized carbons (Fsp3) is 0.273. The largest absolute Gasteiger partial charge is 0.358 e. The van der Waals surface area contributed by atoms with E-state index in [9.17, 15) is 9.18 Å². The Morgan fingerprint density at radius 2 is 1.96 bits per heavy atom. The Morgan fingerprint density at radius 1 is 1.21 bits per heavy atom. The van der Waals surface area contributed by atoms with Gasteiger partial charge in [0.15, 0.2) is 0 Å². The molecule has 4 aromatic rings. The quantitative estimate of drug-likeness (QED) is 0.532. The smallest absolute Gasteiger partial charge is 0.231 e. The van der Waals surface area contributed by atoms with Gasteiger partial charge >= 0.3 is 0 Å². The van der Waals surface area contributed by atoms with Crippen LogP contribution in [-0.2, 0) is 16.8 Å². The van der Waals surface area contributed by atoms with E-state index >= 15 is 0 Å². The lowest BCUT2D eigenvalue weighted by Crippen LogP contribution is -2.26. The first-order chi connectivity index (χ1) is 13.2. The Balaban J connectivity index is 1.69. The summed E-state index contributed by atoms with van der Waals surface area (Å²) in [6, 6.07) is 12.4. The van der Waals surface area contributed by atoms with E-state index < -0.39 is 0 Å². The summed E-state index contributed by atoms with van der Waals surface area (Å²) in [7, 11) is 0. The Kier molecular flexibility index (Phi) is 4.22. The number of para-hydroxylation sites is 2. The average Bonchev–Trinajstić information content (AvgIpc) is 3.12. The molecule has 0 spiro atoms. The lowest BCUT2D eigenvalue weighted by Gasteiger charge is -2.24. The molecule has 28 heavy (non-hydrogen) atoms. The van der Waals surface area contributed by atoms with Crippen molar-refractivity contribution >= 4 is 33.8 Å². The van der Waals surface area contributed by atoms with Gasteiger partial charge < -0.3 is 9.55 Å². The second-order valence-electron chi connectivity index (χ2n) is 8.07. The molecule has 2 heterocycles. The van der Waals surface area contributed by atoms with Crippen molar-refractivity contribution in [1.82, 2.24) is 14.5 Å². The molecule has 2 aromatic heterocycles. The van der Waals surface area contributed by atoms with Crippen LogP contribution in [-0.4, -0.2) is 20.4 Å². The Labute approximate surface area is 162 Å². The van der Waals surface area contributed by atoms with Crippen molar-refractivity contribution in [3.63, 3.8) is 0 Å². The second kappa shape index (κ2) is 6.48. The van der Waals surface area contributed by atoms with Gasteiger partial charge in [-0.3, -0.25) is 10.1 Å². The molecule has 0 radical (unpaired) electrons. The van der Waals surface area contributed by atoms with Crippen LogP contribution in [0.25, 0.3) is 21.9 Å². The number of aromatic amines is 1. The molecule has 1 amide bonds. The number of benzene rings is 2. The lowest BCUT2D eigenvalue weighted by atomic mass is 10.1. The predicted octanol–water partition coefficient (Wildman–Crippen LogP) is 4.90. The van der Waals surface area contributed by atoms with Gasteiger partial charge in [-0.25, -0.2) is 9.37 Å². The third kappa shape index (κ3) is 3.15. The molecule has 0 aliphatic heterocycles. The van der Waals surface area contributed by atoms with Crippen LogP contribution >= 0.6 is 0 Å². The number of imidazole rings is 1. The minimum absolute atomic E-state index is 0.142. The van der Waals surface area contributed by atoms with Gasteiger partial charge in [0.05, 0.1) is 17.5 Å². The van der Waals surface area contributed by atoms with Gasteiger partial charge in [-0.15, -0.1) is 0 Å². The number of aryl methyl sites for hydroxylation is 1. The maximum atomic E-state index is 13.7. The van der Waals surface area contributed by atoms with Crippen LogP contribution in [0.3, 0.4) is 0 Å². The topological polar surface area (TPSA) is 62.7 Å². The van der Waals surface area contributed by atoms with Gasteiger partial charge in [0.25, 0.3) is 0 Å². The Bertz CT molecular complexity index is 1200. The van der Waals surface area contributed by atoms with Gasteiger partial charge in [-0.2, -0.15) is 0 Å². The van der Waals surface area contributed by atoms with E-state index in [4.69, 9.17) is 0 Å². The van der Waals surface area contributed by atoms with Crippen molar-refractivity contribution in [3.8, 4) is 0 Å². The van der Waals surface area contributed by atoms with Crippen molar-refractivity contribution in [2.45, 2.75) is 39.7 Å². The normalized spacial score (nSPS) is 12.0. The van der Waals surface area contributed by atoms with Gasteiger partial charge in [-0.1, -0.05) is 12.1 Å². The molecule has 0 atom stereocenters. The first kappa shape index (κ1) is 18.2. The molecule has 4 rings (SSSR count). The Hall–Kier alpha value is -3.15. The van der Waals surface area contributed by atoms with Crippen LogP contribution in [0.5, 0.6) is 0 Å². The number of nitrogens with zero attached hydrogens (tertiary/aromatic N) is 2. The zero-order valence-corrected chi connectivity index (χ0v) is 16.4. The van der Waals surface area contributed by atoms with Crippen molar-refractivity contribution in [2.75, 3.05) is 5.32 Å². The summed E-state index contributed by atoms with van der Waals surface area (Å²) in [5.41, 5.74) is 4.03. The van der Waals surface area contributed by atoms with E-state index in [-0.39, 0.29) is 23.7 Å². The summed E-state index contributed by atoms with van der Waals surface area (Å²) < 4.78 is 15.7. The number of nitrogens with one attached hydrogen (secondary N) is 2. The lowest BCUT2D eigenvalue weighted by molar-refractivity contribution is -0.115. The number of anilines is 1. The third-order valence-electron chi connectivity index (χ3n) is 4.90. The summed E-state index contributed by atoms with van der Waals surface area (Å²) in [6.45, 7) is 8.11. The van der Waals surface area contributed by atoms with Gasteiger partial charge in [-0.05, 0) is 63.6 Å². The highest BCUT2D eigenvalue weighted by Crippen LogP contribution is 2.29. The fourth-order valence-electron chi connectivity index (χ4n) is 3.70. The monoisotopic (exact) mass is 378 g/mol. The van der Waals surface area contributed by atoms with Crippen molar-refractivity contribution in [2.24, 2.45) is 0 Å². The molecule has 2 aromatic carbocycles. The molecule has 144 valence electrons. The first-order valence-corrected chi connectivity index (χ1v) is 9.28. The molecule has 0 unspecified atom stereocenters. The number of aromatic nitrogens is 3. The molecule has 0 aliphatic carbocycles. The fourth-order valence-corrected chi connectivity index (χ4v) is 3.70. The van der Waals surface area contributed by atoms with Crippen LogP contribution < -0.4 is 5.32 Å². The molecule has 0 bridgehead atoms. The van der Waals surface area contributed by atoms with Crippen LogP contribution in [0.4, 0.5) is 10.3 Å². The number of hydrogen-bond acceptors (Lipinski definition) is 2. The number of rotatable bonds is 3. The number of halogens is 1. The van der Waals surface area contributed by atoms with Crippen LogP contribution in [0.2, 0.25) is 0 Å². The van der Waals surface area contributed by atoms with E-state index in [0.29, 0.717) is 5.95 Å². The minimum atomic E-state index is -0.317. The molecule has 2 N–H and O–H groups in total. The van der Waals surface area contributed by atoms with E-state index in [1.54, 1.807) is 6.07 Å². The molecular weight excluding hydrogens is 355 g/mol. The highest BCUT2D eigenvalue weighted by atomic mass is 19.1. The standard InChI is InChI=1S/C22H23FN4O/c1-13-15(16-11-14(23)9-10-17(16)24-13)12-20(28)26-21-25-18-7-5-6-8-19(18)27(21)22(2,3)4/h5-11,24H,12H2,1-4H3,(H,25,26,28). The minimum Gasteiger partial charge on any atom is -0.358 e. The number of amides is 1. The molecule has 0 saturated heterocycles. The van der Waals surface area contributed by atoms with E-state index in [2.05, 4.69) is 36.1 Å². The van der Waals surface area contributed by atoms with Crippen molar-refractivity contribution < 1.29 is 9.18 Å². The van der Waals surface area contributed by atoms with Gasteiger partial charge in [0, 0.05) is 22.1 Å². The third-order valence-corrected chi connectivity index (χ3v) is 4.90. The summed E-state index contributed by atoms with van der Waals surface area (Å²) in [4.78, 5) is 20.7. The van der Waals surface area contributed by atoms with Crippen LogP contribution in [0.15, 0.2) is 42.5 Å². The van der Waals surface area contributed by atoms with Crippen molar-refractivity contribution in [1.29, 1.82) is 0 Å². The van der Waals surface area contributed by atoms with Gasteiger partial charge in [0.1, 0.15) is 5.82 Å². The number of fused-ring (bicyclic) bond motifs is 2. The second-order valence-corrected chi connectivity index (χ2v) is 8.07. The molecule has 0 fully saturated rings. The summed E-state index contributed by atoms with van der Waals surface area (Å²) in [5.74, 6) is 0.0131. The van der Waals surface area contributed by atoms with Crippen LogP contribution in [0.1, 0.15) is 32.0 Å². The molecule has 5 nitrogen and oxygen atoms in total. The number of carbonyl (C=O) groups excluding carboxylic acids is 1. The summed E-state index contributed by atoms with van der Waals surface area (Å²) >= 11 is 0. The van der Waals surface area contributed by atoms with E-state index in [1.165, 1.54) is 12.1 Å². The number of H-pyrrole nitrogens is 1. The average molecular weight is 378 g/mol. The van der Waals surface area contributed by atoms with E-state index in [0.717, 1.165) is 33.2 Å².